The monoisotopic (exact) mass is 385 g/mol. The van der Waals surface area contributed by atoms with E-state index in [0.717, 1.165) is 33.6 Å². The summed E-state index contributed by atoms with van der Waals surface area (Å²) in [4.78, 5) is 13.1. The maximum absolute atomic E-state index is 11.8. The first kappa shape index (κ1) is 16.5. The lowest BCUT2D eigenvalue weighted by Gasteiger charge is -2.05. The van der Waals surface area contributed by atoms with Crippen molar-refractivity contribution in [2.24, 2.45) is 0 Å². The molecule has 2 nitrogen and oxygen atoms in total. The summed E-state index contributed by atoms with van der Waals surface area (Å²) < 4.78 is 1.14. The average Bonchev–Trinajstić information content (AvgIpc) is 2.84. The van der Waals surface area contributed by atoms with Gasteiger partial charge in [0, 0.05) is 22.9 Å². The summed E-state index contributed by atoms with van der Waals surface area (Å²) in [6.45, 7) is 0.656. The Labute approximate surface area is 142 Å². The van der Waals surface area contributed by atoms with Gasteiger partial charge in [0.25, 0.3) is 0 Å². The Balaban J connectivity index is 1.61. The highest BCUT2D eigenvalue weighted by molar-refractivity contribution is 9.11. The van der Waals surface area contributed by atoms with E-state index in [4.69, 9.17) is 11.6 Å². The first-order chi connectivity index (χ1) is 10.1. The molecular weight excluding hydrogens is 370 g/mol. The van der Waals surface area contributed by atoms with Crippen LogP contribution in [0, 0.1) is 0 Å². The summed E-state index contributed by atoms with van der Waals surface area (Å²) in [7, 11) is 0. The Morgan fingerprint density at radius 2 is 2.10 bits per heavy atom. The van der Waals surface area contributed by atoms with Crippen LogP contribution in [0.4, 0.5) is 0 Å². The van der Waals surface area contributed by atoms with Crippen molar-refractivity contribution < 1.29 is 4.79 Å². The number of amides is 1. The quantitative estimate of drug-likeness (QED) is 0.724. The molecule has 0 radical (unpaired) electrons. The van der Waals surface area contributed by atoms with Crippen LogP contribution >= 0.6 is 38.9 Å². The molecule has 1 amide bonds. The lowest BCUT2D eigenvalue weighted by Crippen LogP contribution is -2.25. The van der Waals surface area contributed by atoms with Crippen molar-refractivity contribution in [1.82, 2.24) is 5.32 Å². The van der Waals surface area contributed by atoms with E-state index in [9.17, 15) is 4.79 Å². The number of aryl methyl sites for hydroxylation is 1. The predicted molar refractivity (Wildman–Crippen MR) is 93.1 cm³/mol. The molecule has 1 aromatic heterocycles. The zero-order valence-corrected chi connectivity index (χ0v) is 14.7. The molecule has 21 heavy (non-hydrogen) atoms. The van der Waals surface area contributed by atoms with Crippen LogP contribution in [-0.4, -0.2) is 12.5 Å². The average molecular weight is 387 g/mol. The van der Waals surface area contributed by atoms with Crippen molar-refractivity contribution in [2.45, 2.75) is 25.7 Å². The molecule has 0 saturated carbocycles. The molecule has 1 aromatic carbocycles. The molecule has 0 unspecified atom stereocenters. The molecule has 5 heteroatoms. The van der Waals surface area contributed by atoms with Gasteiger partial charge < -0.3 is 5.32 Å². The van der Waals surface area contributed by atoms with Crippen LogP contribution in [0.2, 0.25) is 5.02 Å². The van der Waals surface area contributed by atoms with Gasteiger partial charge in [0.15, 0.2) is 0 Å². The number of carbonyl (C=O) groups is 1. The van der Waals surface area contributed by atoms with Crippen LogP contribution in [0.25, 0.3) is 0 Å². The predicted octanol–water partition coefficient (Wildman–Crippen LogP) is 4.85. The number of hydrogen-bond donors (Lipinski definition) is 1. The maximum Gasteiger partial charge on any atom is 0.220 e. The highest BCUT2D eigenvalue weighted by atomic mass is 79.9. The fraction of sp³-hybridized carbons (Fsp3) is 0.312. The number of nitrogens with one attached hydrogen (secondary N) is 1. The van der Waals surface area contributed by atoms with Gasteiger partial charge in [-0.2, -0.15) is 0 Å². The van der Waals surface area contributed by atoms with E-state index in [0.29, 0.717) is 13.0 Å². The van der Waals surface area contributed by atoms with Gasteiger partial charge in [-0.05, 0) is 65.0 Å². The summed E-state index contributed by atoms with van der Waals surface area (Å²) in [5.41, 5.74) is 1.14. The molecule has 0 bridgehead atoms. The highest BCUT2D eigenvalue weighted by Crippen LogP contribution is 2.23. The molecule has 0 aliphatic heterocycles. The van der Waals surface area contributed by atoms with Crippen LogP contribution in [0.1, 0.15) is 23.3 Å². The molecule has 112 valence electrons. The Morgan fingerprint density at radius 1 is 1.24 bits per heavy atom. The molecule has 2 aromatic rings. The topological polar surface area (TPSA) is 29.1 Å². The number of benzene rings is 1. The van der Waals surface area contributed by atoms with Crippen LogP contribution in [0.5, 0.6) is 0 Å². The van der Waals surface area contributed by atoms with Gasteiger partial charge in [-0.1, -0.05) is 23.7 Å². The minimum Gasteiger partial charge on any atom is -0.356 e. The van der Waals surface area contributed by atoms with Gasteiger partial charge in [0.05, 0.1) is 3.79 Å². The highest BCUT2D eigenvalue weighted by Gasteiger charge is 2.03. The molecular formula is C16H17BrClNOS. The van der Waals surface area contributed by atoms with Gasteiger partial charge in [-0.15, -0.1) is 11.3 Å². The molecule has 2 rings (SSSR count). The van der Waals surface area contributed by atoms with Crippen LogP contribution < -0.4 is 5.32 Å². The summed E-state index contributed by atoms with van der Waals surface area (Å²) in [6, 6.07) is 11.9. The molecule has 1 heterocycles. The molecule has 0 spiro atoms. The SMILES string of the molecule is O=C(CCCc1ccc(Br)s1)NCCc1cccc(Cl)c1. The van der Waals surface area contributed by atoms with Crippen molar-refractivity contribution in [3.63, 3.8) is 0 Å². The first-order valence-electron chi connectivity index (χ1n) is 6.89. The first-order valence-corrected chi connectivity index (χ1v) is 8.87. The van der Waals surface area contributed by atoms with E-state index in [1.165, 1.54) is 4.88 Å². The fourth-order valence-electron chi connectivity index (χ4n) is 2.04. The normalized spacial score (nSPS) is 10.6. The standard InChI is InChI=1S/C16H17BrClNOS/c17-15-8-7-14(21-15)5-2-6-16(20)19-10-9-12-3-1-4-13(18)11-12/h1,3-4,7-8,11H,2,5-6,9-10H2,(H,19,20). The molecule has 0 aliphatic rings. The summed E-state index contributed by atoms with van der Waals surface area (Å²) in [6.07, 6.45) is 3.23. The summed E-state index contributed by atoms with van der Waals surface area (Å²) >= 11 is 11.1. The van der Waals surface area contributed by atoms with Crippen molar-refractivity contribution in [2.75, 3.05) is 6.54 Å². The molecule has 0 fully saturated rings. The van der Waals surface area contributed by atoms with Gasteiger partial charge in [0.1, 0.15) is 0 Å². The number of rotatable bonds is 7. The zero-order valence-electron chi connectivity index (χ0n) is 11.6. The molecule has 0 saturated heterocycles. The summed E-state index contributed by atoms with van der Waals surface area (Å²) in [5, 5.41) is 3.69. The fourth-order valence-corrected chi connectivity index (χ4v) is 3.77. The van der Waals surface area contributed by atoms with Crippen molar-refractivity contribution >= 4 is 44.8 Å². The van der Waals surface area contributed by atoms with Crippen molar-refractivity contribution in [3.05, 3.63) is 55.6 Å². The second-order valence-electron chi connectivity index (χ2n) is 4.79. The Hall–Kier alpha value is -0.840. The van der Waals surface area contributed by atoms with Crippen molar-refractivity contribution in [1.29, 1.82) is 0 Å². The van der Waals surface area contributed by atoms with Crippen molar-refractivity contribution in [3.8, 4) is 0 Å². The maximum atomic E-state index is 11.8. The molecule has 0 aliphatic carbocycles. The van der Waals surface area contributed by atoms with Gasteiger partial charge >= 0.3 is 0 Å². The van der Waals surface area contributed by atoms with E-state index < -0.39 is 0 Å². The second-order valence-corrected chi connectivity index (χ2v) is 7.77. The number of carbonyl (C=O) groups excluding carboxylic acids is 1. The van der Waals surface area contributed by atoms with E-state index in [1.54, 1.807) is 11.3 Å². The largest absolute Gasteiger partial charge is 0.356 e. The number of hydrogen-bond acceptors (Lipinski definition) is 2. The smallest absolute Gasteiger partial charge is 0.220 e. The lowest BCUT2D eigenvalue weighted by molar-refractivity contribution is -0.121. The summed E-state index contributed by atoms with van der Waals surface area (Å²) in [5.74, 6) is 0.118. The van der Waals surface area contributed by atoms with E-state index in [-0.39, 0.29) is 5.91 Å². The molecule has 0 atom stereocenters. The third-order valence-electron chi connectivity index (χ3n) is 3.08. The third kappa shape index (κ3) is 6.20. The van der Waals surface area contributed by atoms with Gasteiger partial charge in [-0.3, -0.25) is 4.79 Å². The third-order valence-corrected chi connectivity index (χ3v) is 5.00. The van der Waals surface area contributed by atoms with Crippen LogP contribution in [0.15, 0.2) is 40.2 Å². The van der Waals surface area contributed by atoms with Crippen LogP contribution in [0.3, 0.4) is 0 Å². The Kier molecular flexibility index (Phi) is 6.74. The van der Waals surface area contributed by atoms with E-state index >= 15 is 0 Å². The Morgan fingerprint density at radius 3 is 2.81 bits per heavy atom. The lowest BCUT2D eigenvalue weighted by atomic mass is 10.1. The number of halogens is 2. The van der Waals surface area contributed by atoms with Crippen LogP contribution in [-0.2, 0) is 17.6 Å². The Bertz CT molecular complexity index is 599. The van der Waals surface area contributed by atoms with Gasteiger partial charge in [-0.25, -0.2) is 0 Å². The number of thiophene rings is 1. The minimum absolute atomic E-state index is 0.118. The van der Waals surface area contributed by atoms with E-state index in [1.807, 2.05) is 30.3 Å². The molecule has 1 N–H and O–H groups in total. The van der Waals surface area contributed by atoms with E-state index in [2.05, 4.69) is 27.3 Å². The minimum atomic E-state index is 0.118. The second kappa shape index (κ2) is 8.57. The zero-order chi connectivity index (χ0) is 15.1. The van der Waals surface area contributed by atoms with Gasteiger partial charge in [0.2, 0.25) is 5.91 Å².